The first-order chi connectivity index (χ1) is 13.6. The molecular weight excluding hydrogens is 380 g/mol. The molecule has 1 aliphatic rings. The Morgan fingerprint density at radius 3 is 2.61 bits per heavy atom. The lowest BCUT2D eigenvalue weighted by Gasteiger charge is -2.24. The summed E-state index contributed by atoms with van der Waals surface area (Å²) in [4.78, 5) is 30.9. The number of ketones is 1. The van der Waals surface area contributed by atoms with Crippen molar-refractivity contribution in [3.05, 3.63) is 94.7 Å². The summed E-state index contributed by atoms with van der Waals surface area (Å²) in [6.07, 6.45) is 4.50. The van der Waals surface area contributed by atoms with Crippen LogP contribution in [0.1, 0.15) is 22.9 Å². The van der Waals surface area contributed by atoms with E-state index in [0.29, 0.717) is 21.9 Å². The third-order valence-electron chi connectivity index (χ3n) is 4.56. The van der Waals surface area contributed by atoms with Crippen molar-refractivity contribution in [3.8, 4) is 0 Å². The number of pyridine rings is 1. The topological polar surface area (TPSA) is 83.6 Å². The zero-order valence-corrected chi connectivity index (χ0v) is 15.3. The van der Waals surface area contributed by atoms with E-state index in [-0.39, 0.29) is 17.9 Å². The van der Waals surface area contributed by atoms with Crippen LogP contribution in [0.25, 0.3) is 5.76 Å². The molecule has 1 fully saturated rings. The minimum atomic E-state index is -0.794. The van der Waals surface area contributed by atoms with Crippen LogP contribution in [0.2, 0.25) is 5.02 Å². The molecular formula is C21H15ClN2O4. The lowest BCUT2D eigenvalue weighted by molar-refractivity contribution is -0.140. The smallest absolute Gasteiger partial charge is 0.296 e. The molecule has 1 aromatic carbocycles. The summed E-state index contributed by atoms with van der Waals surface area (Å²) in [6.45, 7) is 0.0852. The van der Waals surface area contributed by atoms with Crippen LogP contribution in [0.3, 0.4) is 0 Å². The molecule has 0 bridgehead atoms. The number of halogens is 1. The maximum atomic E-state index is 12.8. The van der Waals surface area contributed by atoms with Crippen LogP contribution < -0.4 is 0 Å². The summed E-state index contributed by atoms with van der Waals surface area (Å²) >= 11 is 6.14. The number of carbonyl (C=O) groups is 2. The number of aliphatic hydroxyl groups excluding tert-OH is 1. The SMILES string of the molecule is O=C1C(=O)N(Cc2ccco2)C(c2cccc(Cl)c2)/C1=C(\O)c1ccncc1. The van der Waals surface area contributed by atoms with Gasteiger partial charge in [0.2, 0.25) is 0 Å². The molecule has 2 aromatic heterocycles. The second-order valence-electron chi connectivity index (χ2n) is 6.30. The number of nitrogens with zero attached hydrogens (tertiary/aromatic N) is 2. The van der Waals surface area contributed by atoms with E-state index in [0.717, 1.165) is 0 Å². The number of carbonyl (C=O) groups excluding carboxylic acids is 2. The molecule has 0 aliphatic carbocycles. The van der Waals surface area contributed by atoms with Gasteiger partial charge in [0, 0.05) is 23.0 Å². The molecule has 6 nitrogen and oxygen atoms in total. The fourth-order valence-electron chi connectivity index (χ4n) is 3.30. The van der Waals surface area contributed by atoms with Gasteiger partial charge in [-0.15, -0.1) is 0 Å². The van der Waals surface area contributed by atoms with Gasteiger partial charge in [-0.25, -0.2) is 0 Å². The number of amides is 1. The maximum Gasteiger partial charge on any atom is 0.296 e. The molecule has 4 rings (SSSR count). The Morgan fingerprint density at radius 1 is 1.14 bits per heavy atom. The first kappa shape index (κ1) is 18.0. The van der Waals surface area contributed by atoms with Crippen molar-refractivity contribution in [2.24, 2.45) is 0 Å². The van der Waals surface area contributed by atoms with Gasteiger partial charge in [-0.3, -0.25) is 14.6 Å². The molecule has 0 spiro atoms. The molecule has 0 radical (unpaired) electrons. The minimum Gasteiger partial charge on any atom is -0.507 e. The molecule has 3 heterocycles. The largest absolute Gasteiger partial charge is 0.507 e. The van der Waals surface area contributed by atoms with Crippen molar-refractivity contribution in [2.45, 2.75) is 12.6 Å². The maximum absolute atomic E-state index is 12.8. The van der Waals surface area contributed by atoms with Gasteiger partial charge in [-0.05, 0) is 42.0 Å². The summed E-state index contributed by atoms with van der Waals surface area (Å²) in [5.41, 5.74) is 1.02. The van der Waals surface area contributed by atoms with Crippen molar-refractivity contribution >= 4 is 29.1 Å². The second kappa shape index (κ2) is 7.32. The number of hydrogen-bond acceptors (Lipinski definition) is 5. The highest BCUT2D eigenvalue weighted by Gasteiger charge is 2.46. The number of Topliss-reactive ketones (excluding diaryl/α,β-unsaturated/α-hetero) is 1. The van der Waals surface area contributed by atoms with E-state index in [1.807, 2.05) is 0 Å². The van der Waals surface area contributed by atoms with Crippen LogP contribution in [-0.2, 0) is 16.1 Å². The fourth-order valence-corrected chi connectivity index (χ4v) is 3.50. The highest BCUT2D eigenvalue weighted by molar-refractivity contribution is 6.46. The van der Waals surface area contributed by atoms with Gasteiger partial charge in [-0.2, -0.15) is 0 Å². The van der Waals surface area contributed by atoms with Gasteiger partial charge < -0.3 is 14.4 Å². The normalized spacial score (nSPS) is 18.6. The van der Waals surface area contributed by atoms with Crippen LogP contribution in [0.4, 0.5) is 0 Å². The van der Waals surface area contributed by atoms with Crippen LogP contribution in [0.5, 0.6) is 0 Å². The standard InChI is InChI=1S/C21H15ClN2O4/c22-15-4-1-3-14(11-15)18-17(19(25)13-6-8-23-9-7-13)20(26)21(27)24(18)12-16-5-2-10-28-16/h1-11,18,25H,12H2/b19-17+. The zero-order valence-electron chi connectivity index (χ0n) is 14.6. The van der Waals surface area contributed by atoms with E-state index in [2.05, 4.69) is 4.98 Å². The second-order valence-corrected chi connectivity index (χ2v) is 6.73. The summed E-state index contributed by atoms with van der Waals surface area (Å²) in [5, 5.41) is 11.3. The molecule has 1 N–H and O–H groups in total. The van der Waals surface area contributed by atoms with E-state index in [1.165, 1.54) is 23.6 Å². The van der Waals surface area contributed by atoms with Crippen molar-refractivity contribution in [2.75, 3.05) is 0 Å². The van der Waals surface area contributed by atoms with E-state index < -0.39 is 17.7 Å². The Hall–Kier alpha value is -3.38. The quantitative estimate of drug-likeness (QED) is 0.411. The Labute approximate surface area is 165 Å². The third kappa shape index (κ3) is 3.18. The fraction of sp³-hybridized carbons (Fsp3) is 0.0952. The number of aliphatic hydroxyl groups is 1. The molecule has 1 aliphatic heterocycles. The predicted molar refractivity (Wildman–Crippen MR) is 102 cm³/mol. The Balaban J connectivity index is 1.88. The third-order valence-corrected chi connectivity index (χ3v) is 4.80. The Morgan fingerprint density at radius 2 is 1.93 bits per heavy atom. The predicted octanol–water partition coefficient (Wildman–Crippen LogP) is 3.95. The van der Waals surface area contributed by atoms with E-state index in [9.17, 15) is 14.7 Å². The van der Waals surface area contributed by atoms with Gasteiger partial charge in [-0.1, -0.05) is 23.7 Å². The first-order valence-corrected chi connectivity index (χ1v) is 8.90. The van der Waals surface area contributed by atoms with Crippen LogP contribution in [0, 0.1) is 0 Å². The average molecular weight is 395 g/mol. The van der Waals surface area contributed by atoms with E-state index in [4.69, 9.17) is 16.0 Å². The number of hydrogen-bond donors (Lipinski definition) is 1. The monoisotopic (exact) mass is 394 g/mol. The van der Waals surface area contributed by atoms with Gasteiger partial charge in [0.15, 0.2) is 0 Å². The highest BCUT2D eigenvalue weighted by atomic mass is 35.5. The number of aromatic nitrogens is 1. The van der Waals surface area contributed by atoms with Gasteiger partial charge in [0.05, 0.1) is 24.4 Å². The summed E-state index contributed by atoms with van der Waals surface area (Å²) in [7, 11) is 0. The number of likely N-dealkylation sites (tertiary alicyclic amines) is 1. The first-order valence-electron chi connectivity index (χ1n) is 8.53. The zero-order chi connectivity index (χ0) is 19.7. The van der Waals surface area contributed by atoms with Crippen molar-refractivity contribution < 1.29 is 19.1 Å². The van der Waals surface area contributed by atoms with Gasteiger partial charge in [0.25, 0.3) is 11.7 Å². The summed E-state index contributed by atoms with van der Waals surface area (Å²) in [5.74, 6) is -1.20. The van der Waals surface area contributed by atoms with E-state index >= 15 is 0 Å². The van der Waals surface area contributed by atoms with Crippen molar-refractivity contribution in [1.82, 2.24) is 9.88 Å². The minimum absolute atomic E-state index is 0.00465. The average Bonchev–Trinajstić information content (AvgIpc) is 3.30. The van der Waals surface area contributed by atoms with Crippen LogP contribution in [-0.4, -0.2) is 26.7 Å². The van der Waals surface area contributed by atoms with Crippen molar-refractivity contribution in [3.63, 3.8) is 0 Å². The number of rotatable bonds is 4. The van der Waals surface area contributed by atoms with Crippen LogP contribution in [0.15, 0.2) is 77.2 Å². The number of benzene rings is 1. The Kier molecular flexibility index (Phi) is 4.71. The molecule has 1 amide bonds. The van der Waals surface area contributed by atoms with Crippen LogP contribution >= 0.6 is 11.6 Å². The summed E-state index contributed by atoms with van der Waals surface area (Å²) in [6, 6.07) is 12.6. The van der Waals surface area contributed by atoms with E-state index in [1.54, 1.807) is 48.5 Å². The lowest BCUT2D eigenvalue weighted by Crippen LogP contribution is -2.29. The highest BCUT2D eigenvalue weighted by Crippen LogP contribution is 2.40. The molecule has 28 heavy (non-hydrogen) atoms. The molecule has 1 atom stereocenters. The number of furan rings is 1. The molecule has 1 unspecified atom stereocenters. The van der Waals surface area contributed by atoms with Gasteiger partial charge in [0.1, 0.15) is 11.5 Å². The van der Waals surface area contributed by atoms with Crippen molar-refractivity contribution in [1.29, 1.82) is 0 Å². The Bertz CT molecular complexity index is 1060. The molecule has 140 valence electrons. The lowest BCUT2D eigenvalue weighted by atomic mass is 9.95. The van der Waals surface area contributed by atoms with Gasteiger partial charge >= 0.3 is 0 Å². The summed E-state index contributed by atoms with van der Waals surface area (Å²) < 4.78 is 5.35. The molecule has 7 heteroatoms. The molecule has 3 aromatic rings. The molecule has 1 saturated heterocycles. The molecule has 0 saturated carbocycles.